The maximum absolute atomic E-state index is 11.3. The Labute approximate surface area is 174 Å². The normalized spacial score (nSPS) is 10.6. The second-order valence-corrected chi connectivity index (χ2v) is 6.13. The molecule has 7 nitrogen and oxygen atoms in total. The molecule has 154 valence electrons. The number of nitrogens with one attached hydrogen (secondary N) is 1. The highest BCUT2D eigenvalue weighted by molar-refractivity contribution is 6.34. The van der Waals surface area contributed by atoms with Crippen LogP contribution in [0.1, 0.15) is 16.7 Å². The van der Waals surface area contributed by atoms with E-state index in [4.69, 9.17) is 35.8 Å². The molecule has 0 spiro atoms. The zero-order valence-corrected chi connectivity index (χ0v) is 17.3. The molecule has 0 fully saturated rings. The number of halogens is 1. The van der Waals surface area contributed by atoms with E-state index < -0.39 is 5.91 Å². The Morgan fingerprint density at radius 3 is 2.24 bits per heavy atom. The van der Waals surface area contributed by atoms with Crippen molar-refractivity contribution >= 4 is 29.2 Å². The molecule has 0 saturated heterocycles. The van der Waals surface area contributed by atoms with Crippen molar-refractivity contribution in [2.24, 2.45) is 0 Å². The topological polar surface area (TPSA) is 86.3 Å². The average Bonchev–Trinajstić information content (AvgIpc) is 2.75. The number of rotatable bonds is 8. The van der Waals surface area contributed by atoms with Crippen molar-refractivity contribution in [3.8, 4) is 23.0 Å². The fraction of sp³-hybridized carbons (Fsp3) is 0.190. The van der Waals surface area contributed by atoms with Gasteiger partial charge >= 0.3 is 0 Å². The van der Waals surface area contributed by atoms with Crippen molar-refractivity contribution < 1.29 is 28.9 Å². The third-order valence-electron chi connectivity index (χ3n) is 4.20. The van der Waals surface area contributed by atoms with Gasteiger partial charge in [-0.15, -0.1) is 0 Å². The average molecular weight is 420 g/mol. The van der Waals surface area contributed by atoms with Gasteiger partial charge in [-0.25, -0.2) is 5.48 Å². The first-order chi connectivity index (χ1) is 13.9. The summed E-state index contributed by atoms with van der Waals surface area (Å²) in [4.78, 5) is 11.3. The largest absolute Gasteiger partial charge is 0.496 e. The van der Waals surface area contributed by atoms with Crippen molar-refractivity contribution in [2.75, 3.05) is 28.4 Å². The molecule has 0 saturated carbocycles. The zero-order valence-electron chi connectivity index (χ0n) is 16.5. The maximum Gasteiger partial charge on any atom is 0.267 e. The number of methoxy groups -OCH3 is 4. The highest BCUT2D eigenvalue weighted by Crippen LogP contribution is 2.47. The van der Waals surface area contributed by atoms with Gasteiger partial charge in [0.25, 0.3) is 5.91 Å². The second-order valence-electron chi connectivity index (χ2n) is 5.75. The third kappa shape index (κ3) is 4.64. The van der Waals surface area contributed by atoms with Gasteiger partial charge in [-0.05, 0) is 35.4 Å². The Balaban J connectivity index is 2.57. The van der Waals surface area contributed by atoms with Crippen LogP contribution in [0.4, 0.5) is 0 Å². The van der Waals surface area contributed by atoms with Crippen LogP contribution in [-0.2, 0) is 4.79 Å². The van der Waals surface area contributed by atoms with Crippen molar-refractivity contribution in [3.63, 3.8) is 0 Å². The van der Waals surface area contributed by atoms with Gasteiger partial charge in [-0.2, -0.15) is 0 Å². The first-order valence-electron chi connectivity index (χ1n) is 8.40. The monoisotopic (exact) mass is 419 g/mol. The zero-order chi connectivity index (χ0) is 21.6. The van der Waals surface area contributed by atoms with Crippen LogP contribution in [0.2, 0.25) is 5.02 Å². The molecule has 2 rings (SSSR count). The highest BCUT2D eigenvalue weighted by atomic mass is 35.5. The summed E-state index contributed by atoms with van der Waals surface area (Å²) in [5.41, 5.74) is 4.06. The summed E-state index contributed by atoms with van der Waals surface area (Å²) in [5.74, 6) is 1.03. The van der Waals surface area contributed by atoms with Crippen LogP contribution < -0.4 is 24.4 Å². The Morgan fingerprint density at radius 1 is 1.03 bits per heavy atom. The number of hydrogen-bond acceptors (Lipinski definition) is 6. The minimum absolute atomic E-state index is 0.322. The van der Waals surface area contributed by atoms with E-state index in [-0.39, 0.29) is 0 Å². The molecule has 0 aliphatic rings. The van der Waals surface area contributed by atoms with Gasteiger partial charge in [0.05, 0.1) is 33.5 Å². The predicted molar refractivity (Wildman–Crippen MR) is 111 cm³/mol. The summed E-state index contributed by atoms with van der Waals surface area (Å²) < 4.78 is 21.5. The smallest absolute Gasteiger partial charge is 0.267 e. The first kappa shape index (κ1) is 22.1. The summed E-state index contributed by atoms with van der Waals surface area (Å²) in [6.07, 6.45) is 2.69. The number of amides is 1. The van der Waals surface area contributed by atoms with Gasteiger partial charge in [0.2, 0.25) is 5.75 Å². The van der Waals surface area contributed by atoms with Crippen molar-refractivity contribution in [3.05, 3.63) is 58.6 Å². The summed E-state index contributed by atoms with van der Waals surface area (Å²) in [6, 6.07) is 7.04. The predicted octanol–water partition coefficient (Wildman–Crippen LogP) is 3.95. The molecule has 0 unspecified atom stereocenters. The van der Waals surface area contributed by atoms with Crippen LogP contribution in [0.15, 0.2) is 36.9 Å². The van der Waals surface area contributed by atoms with E-state index in [0.717, 1.165) is 5.56 Å². The summed E-state index contributed by atoms with van der Waals surface area (Å²) in [5, 5.41) is 8.98. The number of hydrogen-bond donors (Lipinski definition) is 2. The van der Waals surface area contributed by atoms with E-state index in [9.17, 15) is 4.79 Å². The van der Waals surface area contributed by atoms with Crippen molar-refractivity contribution in [1.82, 2.24) is 5.48 Å². The molecule has 1 amide bonds. The first-order valence-corrected chi connectivity index (χ1v) is 8.77. The number of ether oxygens (including phenoxy) is 4. The van der Waals surface area contributed by atoms with Gasteiger partial charge in [0.1, 0.15) is 5.75 Å². The van der Waals surface area contributed by atoms with Gasteiger partial charge < -0.3 is 18.9 Å². The van der Waals surface area contributed by atoms with Gasteiger partial charge in [-0.3, -0.25) is 10.0 Å². The van der Waals surface area contributed by atoms with Crippen LogP contribution in [-0.4, -0.2) is 39.6 Å². The molecular weight excluding hydrogens is 398 g/mol. The SMILES string of the molecule is C=C(c1ccc(OC)c(/C=C/C(=O)NO)c1)c1cc(OC)c(OC)c(OC)c1Cl. The molecule has 0 heterocycles. The van der Waals surface area contributed by atoms with Crippen LogP contribution in [0, 0.1) is 0 Å². The highest BCUT2D eigenvalue weighted by Gasteiger charge is 2.21. The molecule has 0 aliphatic heterocycles. The lowest BCUT2D eigenvalue weighted by atomic mass is 9.96. The Kier molecular flexibility index (Phi) is 7.52. The molecule has 0 aromatic heterocycles. The number of hydroxylamine groups is 1. The van der Waals surface area contributed by atoms with E-state index in [1.165, 1.54) is 46.1 Å². The lowest BCUT2D eigenvalue weighted by Crippen LogP contribution is -2.14. The molecule has 0 radical (unpaired) electrons. The number of benzene rings is 2. The number of carbonyl (C=O) groups is 1. The van der Waals surface area contributed by atoms with Crippen molar-refractivity contribution in [1.29, 1.82) is 0 Å². The van der Waals surface area contributed by atoms with Crippen LogP contribution in [0.5, 0.6) is 23.0 Å². The van der Waals surface area contributed by atoms with Crippen molar-refractivity contribution in [2.45, 2.75) is 0 Å². The van der Waals surface area contributed by atoms with E-state index in [1.807, 2.05) is 6.07 Å². The molecular formula is C21H22ClNO6. The number of carbonyl (C=O) groups excluding carboxylic acids is 1. The fourth-order valence-electron chi connectivity index (χ4n) is 2.75. The third-order valence-corrected chi connectivity index (χ3v) is 4.57. The lowest BCUT2D eigenvalue weighted by Gasteiger charge is -2.18. The summed E-state index contributed by atoms with van der Waals surface area (Å²) in [6.45, 7) is 4.15. The van der Waals surface area contributed by atoms with Gasteiger partial charge in [0.15, 0.2) is 11.5 Å². The molecule has 0 atom stereocenters. The Morgan fingerprint density at radius 2 is 1.69 bits per heavy atom. The summed E-state index contributed by atoms with van der Waals surface area (Å²) >= 11 is 6.55. The minimum atomic E-state index is -0.663. The van der Waals surface area contributed by atoms with E-state index in [0.29, 0.717) is 44.7 Å². The van der Waals surface area contributed by atoms with Gasteiger partial charge in [-0.1, -0.05) is 24.2 Å². The maximum atomic E-state index is 11.3. The second kappa shape index (κ2) is 9.86. The molecule has 0 aliphatic carbocycles. The molecule has 2 aromatic carbocycles. The molecule has 29 heavy (non-hydrogen) atoms. The van der Waals surface area contributed by atoms with E-state index in [2.05, 4.69) is 6.58 Å². The Bertz CT molecular complexity index is 955. The van der Waals surface area contributed by atoms with Gasteiger partial charge in [0, 0.05) is 17.2 Å². The van der Waals surface area contributed by atoms with Crippen LogP contribution in [0.3, 0.4) is 0 Å². The Hall–Kier alpha value is -3.16. The lowest BCUT2D eigenvalue weighted by molar-refractivity contribution is -0.124. The van der Waals surface area contributed by atoms with Crippen LogP contribution in [0.25, 0.3) is 11.6 Å². The van der Waals surface area contributed by atoms with E-state index >= 15 is 0 Å². The fourth-order valence-corrected chi connectivity index (χ4v) is 3.08. The standard InChI is InChI=1S/C21H22ClNO6/c1-12(15-11-17(27-3)20(28-4)21(29-5)19(15)22)13-6-8-16(26-2)14(10-13)7-9-18(24)23-25/h6-11,25H,1H2,2-5H3,(H,23,24)/b9-7+. The minimum Gasteiger partial charge on any atom is -0.496 e. The molecule has 8 heteroatoms. The molecule has 0 bridgehead atoms. The molecule has 2 aromatic rings. The quantitative estimate of drug-likeness (QED) is 0.382. The molecule has 2 N–H and O–H groups in total. The van der Waals surface area contributed by atoms with E-state index in [1.54, 1.807) is 18.2 Å². The summed E-state index contributed by atoms with van der Waals surface area (Å²) in [7, 11) is 6.01. The van der Waals surface area contributed by atoms with Crippen LogP contribution >= 0.6 is 11.6 Å².